The maximum absolute atomic E-state index is 12.5. The number of aryl methyl sites for hydroxylation is 1. The van der Waals surface area contributed by atoms with Gasteiger partial charge in [0.15, 0.2) is 5.78 Å². The van der Waals surface area contributed by atoms with Gasteiger partial charge in [0.25, 0.3) is 0 Å². The fourth-order valence-electron chi connectivity index (χ4n) is 4.21. The molecule has 2 atom stereocenters. The molecule has 1 aromatic heterocycles. The topological polar surface area (TPSA) is 75.8 Å². The first-order valence-electron chi connectivity index (χ1n) is 7.49. The first-order chi connectivity index (χ1) is 10.2. The Kier molecular flexibility index (Phi) is 2.93. The summed E-state index contributed by atoms with van der Waals surface area (Å²) < 4.78 is 1.36. The molecule has 0 radical (unpaired) electrons. The number of carbonyl (C=O) groups is 2. The van der Waals surface area contributed by atoms with Gasteiger partial charge in [0, 0.05) is 24.0 Å². The Hall–Kier alpha value is -2.22. The molecule has 2 aliphatic carbocycles. The summed E-state index contributed by atoms with van der Waals surface area (Å²) in [4.78, 5) is 24.1. The molecule has 0 saturated heterocycles. The van der Waals surface area contributed by atoms with Gasteiger partial charge in [-0.1, -0.05) is 26.8 Å². The number of fused-ring (bicyclic) bond motifs is 3. The molecular weight excluding hydrogens is 278 g/mol. The fourth-order valence-corrected chi connectivity index (χ4v) is 4.21. The standard InChI is InChI=1S/C17H19N3O2/c1-10(21)20-9-11-5-6-13-16(2,3)15(22)12(8-18)7-17(13,4)14(11)19-20/h7,9,13H,5-6H2,1-4H3. The second-order valence-corrected chi connectivity index (χ2v) is 7.06. The van der Waals surface area contributed by atoms with Crippen LogP contribution < -0.4 is 0 Å². The maximum Gasteiger partial charge on any atom is 0.243 e. The molecule has 0 bridgehead atoms. The molecule has 1 heterocycles. The van der Waals surface area contributed by atoms with Crippen molar-refractivity contribution in [3.63, 3.8) is 0 Å². The third-order valence-electron chi connectivity index (χ3n) is 5.31. The second-order valence-electron chi connectivity index (χ2n) is 7.06. The van der Waals surface area contributed by atoms with Crippen LogP contribution in [0.4, 0.5) is 0 Å². The van der Waals surface area contributed by atoms with Crippen molar-refractivity contribution < 1.29 is 9.59 Å². The van der Waals surface area contributed by atoms with Crippen molar-refractivity contribution >= 4 is 11.7 Å². The van der Waals surface area contributed by atoms with Gasteiger partial charge in [-0.3, -0.25) is 9.59 Å². The Morgan fingerprint density at radius 2 is 2.14 bits per heavy atom. The highest BCUT2D eigenvalue weighted by Crippen LogP contribution is 2.54. The number of rotatable bonds is 0. The number of nitrogens with zero attached hydrogens (tertiary/aromatic N) is 3. The summed E-state index contributed by atoms with van der Waals surface area (Å²) in [5, 5.41) is 13.8. The molecule has 3 rings (SSSR count). The Morgan fingerprint density at radius 1 is 1.45 bits per heavy atom. The first-order valence-corrected chi connectivity index (χ1v) is 7.49. The van der Waals surface area contributed by atoms with Gasteiger partial charge in [-0.05, 0) is 24.3 Å². The Balaban J connectivity index is 2.25. The highest BCUT2D eigenvalue weighted by molar-refractivity contribution is 6.04. The molecule has 0 spiro atoms. The van der Waals surface area contributed by atoms with E-state index in [4.69, 9.17) is 0 Å². The summed E-state index contributed by atoms with van der Waals surface area (Å²) in [7, 11) is 0. The SMILES string of the molecule is CC(=O)n1cc2c(n1)C1(C)C=C(C#N)C(=O)C(C)(C)C1CC2. The van der Waals surface area contributed by atoms with Crippen LogP contribution in [0.15, 0.2) is 17.8 Å². The monoisotopic (exact) mass is 297 g/mol. The van der Waals surface area contributed by atoms with Crippen molar-refractivity contribution in [3.05, 3.63) is 29.1 Å². The minimum atomic E-state index is -0.605. The third-order valence-corrected chi connectivity index (χ3v) is 5.31. The fraction of sp³-hybridized carbons (Fsp3) is 0.529. The minimum Gasteiger partial charge on any atom is -0.293 e. The largest absolute Gasteiger partial charge is 0.293 e. The van der Waals surface area contributed by atoms with E-state index >= 15 is 0 Å². The van der Waals surface area contributed by atoms with E-state index in [-0.39, 0.29) is 23.2 Å². The quantitative estimate of drug-likeness (QED) is 0.737. The van der Waals surface area contributed by atoms with E-state index in [1.54, 1.807) is 12.3 Å². The van der Waals surface area contributed by atoms with Crippen LogP contribution in [0.25, 0.3) is 0 Å². The average Bonchev–Trinajstić information content (AvgIpc) is 2.89. The number of hydrogen-bond donors (Lipinski definition) is 0. The first kappa shape index (κ1) is 14.7. The van der Waals surface area contributed by atoms with Crippen molar-refractivity contribution in [2.24, 2.45) is 11.3 Å². The van der Waals surface area contributed by atoms with Crippen LogP contribution in [0, 0.1) is 22.7 Å². The van der Waals surface area contributed by atoms with Gasteiger partial charge in [-0.2, -0.15) is 10.4 Å². The van der Waals surface area contributed by atoms with Crippen LogP contribution in [0.5, 0.6) is 0 Å². The van der Waals surface area contributed by atoms with Gasteiger partial charge in [0.1, 0.15) is 6.07 Å². The lowest BCUT2D eigenvalue weighted by molar-refractivity contribution is -0.128. The van der Waals surface area contributed by atoms with Gasteiger partial charge < -0.3 is 0 Å². The number of nitriles is 1. The van der Waals surface area contributed by atoms with Crippen LogP contribution in [0.1, 0.15) is 50.2 Å². The smallest absolute Gasteiger partial charge is 0.243 e. The van der Waals surface area contributed by atoms with Gasteiger partial charge in [-0.25, -0.2) is 4.68 Å². The van der Waals surface area contributed by atoms with Crippen molar-refractivity contribution in [2.45, 2.75) is 46.0 Å². The molecule has 22 heavy (non-hydrogen) atoms. The van der Waals surface area contributed by atoms with E-state index in [2.05, 4.69) is 5.10 Å². The van der Waals surface area contributed by atoms with Gasteiger partial charge >= 0.3 is 0 Å². The summed E-state index contributed by atoms with van der Waals surface area (Å²) in [5.41, 5.74) is 0.970. The van der Waals surface area contributed by atoms with E-state index < -0.39 is 10.8 Å². The van der Waals surface area contributed by atoms with E-state index in [0.29, 0.717) is 0 Å². The zero-order chi connectivity index (χ0) is 16.3. The molecule has 0 aromatic carbocycles. The Labute approximate surface area is 129 Å². The predicted molar refractivity (Wildman–Crippen MR) is 80.2 cm³/mol. The normalized spacial score (nSPS) is 29.1. The van der Waals surface area contributed by atoms with Crippen molar-refractivity contribution in [3.8, 4) is 6.07 Å². The minimum absolute atomic E-state index is 0.0763. The molecule has 1 aromatic rings. The van der Waals surface area contributed by atoms with Crippen LogP contribution in [-0.4, -0.2) is 21.5 Å². The molecular formula is C17H19N3O2. The Bertz CT molecular complexity index is 763. The second kappa shape index (κ2) is 4.39. The molecule has 0 fully saturated rings. The molecule has 0 N–H and O–H groups in total. The number of carbonyl (C=O) groups excluding carboxylic acids is 2. The van der Waals surface area contributed by atoms with E-state index in [1.807, 2.05) is 26.8 Å². The summed E-state index contributed by atoms with van der Waals surface area (Å²) >= 11 is 0. The van der Waals surface area contributed by atoms with Crippen LogP contribution >= 0.6 is 0 Å². The Morgan fingerprint density at radius 3 is 2.73 bits per heavy atom. The lowest BCUT2D eigenvalue weighted by Gasteiger charge is -2.49. The summed E-state index contributed by atoms with van der Waals surface area (Å²) in [6.45, 7) is 7.33. The number of hydrogen-bond acceptors (Lipinski definition) is 4. The van der Waals surface area contributed by atoms with Gasteiger partial charge in [0.05, 0.1) is 11.3 Å². The summed E-state index contributed by atoms with van der Waals surface area (Å²) in [6.07, 6.45) is 5.19. The molecule has 114 valence electrons. The molecule has 0 saturated carbocycles. The third kappa shape index (κ3) is 1.73. The van der Waals surface area contributed by atoms with Gasteiger partial charge in [-0.15, -0.1) is 0 Å². The van der Waals surface area contributed by atoms with Crippen LogP contribution in [0.3, 0.4) is 0 Å². The highest BCUT2D eigenvalue weighted by atomic mass is 16.2. The zero-order valence-corrected chi connectivity index (χ0v) is 13.3. The zero-order valence-electron chi connectivity index (χ0n) is 13.3. The molecule has 0 amide bonds. The number of ketones is 1. The van der Waals surface area contributed by atoms with Crippen LogP contribution in [0.2, 0.25) is 0 Å². The summed E-state index contributed by atoms with van der Waals surface area (Å²) in [5.74, 6) is -0.149. The average molecular weight is 297 g/mol. The van der Waals surface area contributed by atoms with Crippen molar-refractivity contribution in [1.29, 1.82) is 5.26 Å². The summed E-state index contributed by atoms with van der Waals surface area (Å²) in [6, 6.07) is 2.04. The van der Waals surface area contributed by atoms with Crippen LogP contribution in [-0.2, 0) is 16.6 Å². The lowest BCUT2D eigenvalue weighted by Crippen LogP contribution is -2.51. The number of aromatic nitrogens is 2. The molecule has 5 heteroatoms. The molecule has 5 nitrogen and oxygen atoms in total. The van der Waals surface area contributed by atoms with E-state index in [1.165, 1.54) is 11.6 Å². The van der Waals surface area contributed by atoms with Crippen molar-refractivity contribution in [1.82, 2.24) is 9.78 Å². The van der Waals surface area contributed by atoms with Gasteiger partial charge in [0.2, 0.25) is 5.91 Å². The lowest BCUT2D eigenvalue weighted by atomic mass is 9.52. The van der Waals surface area contributed by atoms with E-state index in [9.17, 15) is 14.9 Å². The van der Waals surface area contributed by atoms with E-state index in [0.717, 1.165) is 24.1 Å². The predicted octanol–water partition coefficient (Wildman–Crippen LogP) is 2.42. The number of Topliss-reactive ketones (excluding diaryl/α,β-unsaturated/α-hetero) is 1. The molecule has 0 aliphatic heterocycles. The number of allylic oxidation sites excluding steroid dienone is 2. The molecule has 2 unspecified atom stereocenters. The highest BCUT2D eigenvalue weighted by Gasteiger charge is 2.55. The maximum atomic E-state index is 12.5. The van der Waals surface area contributed by atoms with Crippen molar-refractivity contribution in [2.75, 3.05) is 0 Å². The molecule has 2 aliphatic rings.